The first-order valence-corrected chi connectivity index (χ1v) is 6.13. The number of aromatic amines is 1. The number of fused-ring (bicyclic) bond motifs is 1. The summed E-state index contributed by atoms with van der Waals surface area (Å²) < 4.78 is 13.6. The molecule has 0 saturated heterocycles. The van der Waals surface area contributed by atoms with Crippen LogP contribution in [0.1, 0.15) is 12.0 Å². The van der Waals surface area contributed by atoms with Crippen molar-refractivity contribution in [1.82, 2.24) is 15.5 Å². The molecule has 0 spiro atoms. The number of carbonyl (C=O) groups excluding carboxylic acids is 2. The Labute approximate surface area is 114 Å². The summed E-state index contributed by atoms with van der Waals surface area (Å²) >= 11 is 0. The Morgan fingerprint density at radius 2 is 2.30 bits per heavy atom. The Balaban J connectivity index is 2.32. The van der Waals surface area contributed by atoms with Crippen LogP contribution in [0, 0.1) is 12.7 Å². The average molecular weight is 278 g/mol. The second kappa shape index (κ2) is 5.68. The number of halogens is 1. The molecule has 7 heteroatoms. The summed E-state index contributed by atoms with van der Waals surface area (Å²) in [7, 11) is 1.52. The minimum absolute atomic E-state index is 0.151. The fraction of sp³-hybridized carbons (Fsp3) is 0.308. The van der Waals surface area contributed by atoms with E-state index in [2.05, 4.69) is 15.5 Å². The van der Waals surface area contributed by atoms with Crippen LogP contribution in [-0.4, -0.2) is 36.1 Å². The Hall–Kier alpha value is -2.44. The zero-order valence-corrected chi connectivity index (χ0v) is 11.2. The van der Waals surface area contributed by atoms with E-state index in [4.69, 9.17) is 0 Å². The maximum Gasteiger partial charge on any atom is 0.221 e. The quantitative estimate of drug-likeness (QED) is 0.804. The van der Waals surface area contributed by atoms with Crippen LogP contribution >= 0.6 is 0 Å². The number of amides is 2. The Bertz CT molecular complexity index is 653. The lowest BCUT2D eigenvalue weighted by Gasteiger charge is -2.14. The summed E-state index contributed by atoms with van der Waals surface area (Å²) in [5.41, 5.74) is 1.14. The largest absolute Gasteiger partial charge is 0.359 e. The van der Waals surface area contributed by atoms with Gasteiger partial charge in [-0.05, 0) is 24.6 Å². The van der Waals surface area contributed by atoms with Crippen molar-refractivity contribution in [2.24, 2.45) is 0 Å². The SMILES string of the molecule is CNC(=O)CCN(C=O)c1n[nH]c2cc(C)c(F)cc12. The minimum atomic E-state index is -0.364. The van der Waals surface area contributed by atoms with Crippen molar-refractivity contribution in [2.45, 2.75) is 13.3 Å². The van der Waals surface area contributed by atoms with E-state index in [1.807, 2.05) is 0 Å². The van der Waals surface area contributed by atoms with Gasteiger partial charge in [0, 0.05) is 25.4 Å². The number of carbonyl (C=O) groups is 2. The fourth-order valence-corrected chi connectivity index (χ4v) is 1.91. The van der Waals surface area contributed by atoms with Crippen LogP contribution in [0.5, 0.6) is 0 Å². The van der Waals surface area contributed by atoms with Gasteiger partial charge >= 0.3 is 0 Å². The highest BCUT2D eigenvalue weighted by atomic mass is 19.1. The molecule has 1 aromatic carbocycles. The van der Waals surface area contributed by atoms with E-state index in [0.717, 1.165) is 0 Å². The van der Waals surface area contributed by atoms with Gasteiger partial charge in [-0.3, -0.25) is 19.6 Å². The first kappa shape index (κ1) is 14.0. The number of benzene rings is 1. The number of rotatable bonds is 5. The van der Waals surface area contributed by atoms with Gasteiger partial charge in [-0.25, -0.2) is 4.39 Å². The molecular weight excluding hydrogens is 263 g/mol. The molecule has 0 aliphatic heterocycles. The summed E-state index contributed by atoms with van der Waals surface area (Å²) in [6.45, 7) is 1.83. The van der Waals surface area contributed by atoms with Crippen molar-refractivity contribution in [3.8, 4) is 0 Å². The lowest BCUT2D eigenvalue weighted by atomic mass is 10.1. The molecular formula is C13H15FN4O2. The van der Waals surface area contributed by atoms with E-state index < -0.39 is 0 Å². The van der Waals surface area contributed by atoms with E-state index in [1.165, 1.54) is 18.0 Å². The summed E-state index contributed by atoms with van der Waals surface area (Å²) in [4.78, 5) is 23.6. The highest BCUT2D eigenvalue weighted by Crippen LogP contribution is 2.25. The molecule has 6 nitrogen and oxygen atoms in total. The number of hydrogen-bond donors (Lipinski definition) is 2. The molecule has 0 fully saturated rings. The second-order valence-corrected chi connectivity index (χ2v) is 4.42. The van der Waals surface area contributed by atoms with Crippen molar-refractivity contribution in [3.63, 3.8) is 0 Å². The third-order valence-electron chi connectivity index (χ3n) is 3.08. The van der Waals surface area contributed by atoms with Gasteiger partial charge in [-0.2, -0.15) is 5.10 Å². The lowest BCUT2D eigenvalue weighted by Crippen LogP contribution is -2.28. The topological polar surface area (TPSA) is 78.1 Å². The van der Waals surface area contributed by atoms with Crippen LogP contribution in [-0.2, 0) is 9.59 Å². The first-order valence-electron chi connectivity index (χ1n) is 6.13. The van der Waals surface area contributed by atoms with Crippen LogP contribution in [0.4, 0.5) is 10.2 Å². The van der Waals surface area contributed by atoms with Crippen LogP contribution in [0.2, 0.25) is 0 Å². The predicted molar refractivity (Wildman–Crippen MR) is 72.9 cm³/mol. The summed E-state index contributed by atoms with van der Waals surface area (Å²) in [6, 6.07) is 2.96. The minimum Gasteiger partial charge on any atom is -0.359 e. The van der Waals surface area contributed by atoms with Gasteiger partial charge in [0.1, 0.15) is 5.82 Å². The molecule has 2 rings (SSSR count). The van der Waals surface area contributed by atoms with Crippen molar-refractivity contribution < 1.29 is 14.0 Å². The number of aryl methyl sites for hydroxylation is 1. The Morgan fingerprint density at radius 3 is 2.95 bits per heavy atom. The normalized spacial score (nSPS) is 10.6. The zero-order valence-electron chi connectivity index (χ0n) is 11.2. The van der Waals surface area contributed by atoms with E-state index in [0.29, 0.717) is 28.7 Å². The highest BCUT2D eigenvalue weighted by molar-refractivity contribution is 5.95. The Kier molecular flexibility index (Phi) is 3.97. The van der Waals surface area contributed by atoms with Crippen molar-refractivity contribution in [2.75, 3.05) is 18.5 Å². The molecule has 2 N–H and O–H groups in total. The maximum atomic E-state index is 13.6. The third kappa shape index (κ3) is 2.61. The van der Waals surface area contributed by atoms with E-state index in [-0.39, 0.29) is 24.7 Å². The monoisotopic (exact) mass is 278 g/mol. The fourth-order valence-electron chi connectivity index (χ4n) is 1.91. The van der Waals surface area contributed by atoms with Gasteiger partial charge in [0.05, 0.1) is 5.52 Å². The summed E-state index contributed by atoms with van der Waals surface area (Å²) in [5, 5.41) is 9.76. The molecule has 2 amide bonds. The smallest absolute Gasteiger partial charge is 0.221 e. The molecule has 0 atom stereocenters. The lowest BCUT2D eigenvalue weighted by molar-refractivity contribution is -0.120. The van der Waals surface area contributed by atoms with Crippen LogP contribution < -0.4 is 10.2 Å². The molecule has 0 unspecified atom stereocenters. The molecule has 1 heterocycles. The highest BCUT2D eigenvalue weighted by Gasteiger charge is 2.15. The average Bonchev–Trinajstić information content (AvgIpc) is 2.83. The van der Waals surface area contributed by atoms with Gasteiger partial charge in [0.2, 0.25) is 12.3 Å². The number of nitrogens with one attached hydrogen (secondary N) is 2. The number of H-pyrrole nitrogens is 1. The first-order chi connectivity index (χ1) is 9.56. The number of anilines is 1. The van der Waals surface area contributed by atoms with Gasteiger partial charge in [0.25, 0.3) is 0 Å². The van der Waals surface area contributed by atoms with E-state index >= 15 is 0 Å². The molecule has 0 bridgehead atoms. The summed E-state index contributed by atoms with van der Waals surface area (Å²) in [5.74, 6) is -0.228. The molecule has 0 radical (unpaired) electrons. The molecule has 0 aliphatic carbocycles. The van der Waals surface area contributed by atoms with Crippen molar-refractivity contribution in [3.05, 3.63) is 23.5 Å². The molecule has 106 valence electrons. The van der Waals surface area contributed by atoms with Crippen molar-refractivity contribution in [1.29, 1.82) is 0 Å². The predicted octanol–water partition coefficient (Wildman–Crippen LogP) is 1.11. The van der Waals surface area contributed by atoms with Crippen LogP contribution in [0.15, 0.2) is 12.1 Å². The molecule has 0 aliphatic rings. The number of aromatic nitrogens is 2. The maximum absolute atomic E-state index is 13.6. The van der Waals surface area contributed by atoms with Gasteiger partial charge in [-0.1, -0.05) is 0 Å². The Morgan fingerprint density at radius 1 is 1.55 bits per heavy atom. The molecule has 20 heavy (non-hydrogen) atoms. The van der Waals surface area contributed by atoms with Crippen LogP contribution in [0.25, 0.3) is 10.9 Å². The van der Waals surface area contributed by atoms with Crippen molar-refractivity contribution >= 4 is 29.0 Å². The molecule has 2 aromatic rings. The van der Waals surface area contributed by atoms with E-state index in [9.17, 15) is 14.0 Å². The molecule has 0 saturated carbocycles. The number of hydrogen-bond acceptors (Lipinski definition) is 3. The van der Waals surface area contributed by atoms with Gasteiger partial charge in [-0.15, -0.1) is 0 Å². The van der Waals surface area contributed by atoms with Crippen LogP contribution in [0.3, 0.4) is 0 Å². The standard InChI is InChI=1S/C13H15FN4O2/c1-8-5-11-9(6-10(8)14)13(17-16-11)18(7-19)4-3-12(20)15-2/h5-7H,3-4H2,1-2H3,(H,15,20)(H,16,17). The van der Waals surface area contributed by atoms with Gasteiger partial charge < -0.3 is 5.32 Å². The summed E-state index contributed by atoms with van der Waals surface area (Å²) in [6.07, 6.45) is 0.730. The van der Waals surface area contributed by atoms with E-state index in [1.54, 1.807) is 13.0 Å². The second-order valence-electron chi connectivity index (χ2n) is 4.42. The zero-order chi connectivity index (χ0) is 14.7. The third-order valence-corrected chi connectivity index (χ3v) is 3.08. The van der Waals surface area contributed by atoms with Gasteiger partial charge in [0.15, 0.2) is 5.82 Å². The number of nitrogens with zero attached hydrogens (tertiary/aromatic N) is 2. The molecule has 1 aromatic heterocycles.